The third kappa shape index (κ3) is 1.82. The van der Waals surface area contributed by atoms with Crippen LogP contribution in [0.15, 0.2) is 42.6 Å². The number of hydrogen-bond donors (Lipinski definition) is 2. The molecule has 0 saturated heterocycles. The van der Waals surface area contributed by atoms with Crippen molar-refractivity contribution in [1.29, 1.82) is 0 Å². The molecule has 4 nitrogen and oxygen atoms in total. The molecule has 0 unspecified atom stereocenters. The molecule has 1 heterocycles. The van der Waals surface area contributed by atoms with E-state index in [1.165, 1.54) is 6.07 Å². The van der Waals surface area contributed by atoms with Crippen LogP contribution in [0.25, 0.3) is 22.0 Å². The number of aromatic nitrogens is 2. The number of carbonyl (C=O) groups is 1. The highest BCUT2D eigenvalue weighted by Gasteiger charge is 2.13. The first kappa shape index (κ1) is 12.0. The Morgan fingerprint density at radius 2 is 2.15 bits per heavy atom. The topological polar surface area (TPSA) is 66.0 Å². The number of rotatable bonds is 2. The summed E-state index contributed by atoms with van der Waals surface area (Å²) < 4.78 is 0. The summed E-state index contributed by atoms with van der Waals surface area (Å²) in [5, 5.41) is 17.0. The van der Waals surface area contributed by atoms with E-state index in [1.807, 2.05) is 24.3 Å². The molecule has 0 radical (unpaired) electrons. The average Bonchev–Trinajstić information content (AvgIpc) is 2.93. The fraction of sp³-hybridized carbons (Fsp3) is 0. The summed E-state index contributed by atoms with van der Waals surface area (Å²) in [4.78, 5) is 11.2. The highest BCUT2D eigenvalue weighted by molar-refractivity contribution is 5.95. The number of terminal acetylenes is 1. The van der Waals surface area contributed by atoms with Crippen LogP contribution in [0, 0.1) is 12.3 Å². The Morgan fingerprint density at radius 3 is 2.90 bits per heavy atom. The molecule has 0 aliphatic heterocycles. The van der Waals surface area contributed by atoms with Gasteiger partial charge in [0.05, 0.1) is 17.3 Å². The number of aromatic amines is 1. The van der Waals surface area contributed by atoms with Crippen LogP contribution in [0.2, 0.25) is 0 Å². The molecule has 0 saturated carbocycles. The molecule has 3 rings (SSSR count). The molecule has 2 aromatic carbocycles. The SMILES string of the molecule is C#Cc1c(C(=O)O)cccc1-c1ccc2[nH]ncc2c1. The van der Waals surface area contributed by atoms with Gasteiger partial charge in [0.25, 0.3) is 0 Å². The zero-order valence-electron chi connectivity index (χ0n) is 10.4. The first-order valence-electron chi connectivity index (χ1n) is 5.97. The lowest BCUT2D eigenvalue weighted by molar-refractivity contribution is 0.0696. The third-order valence-corrected chi connectivity index (χ3v) is 3.19. The van der Waals surface area contributed by atoms with Gasteiger partial charge in [0.1, 0.15) is 0 Å². The van der Waals surface area contributed by atoms with E-state index in [9.17, 15) is 9.90 Å². The van der Waals surface area contributed by atoms with Gasteiger partial charge in [0, 0.05) is 10.9 Å². The molecular weight excluding hydrogens is 252 g/mol. The number of nitrogens with zero attached hydrogens (tertiary/aromatic N) is 1. The summed E-state index contributed by atoms with van der Waals surface area (Å²) in [6.45, 7) is 0. The highest BCUT2D eigenvalue weighted by atomic mass is 16.4. The number of aromatic carboxylic acids is 1. The zero-order chi connectivity index (χ0) is 14.1. The van der Waals surface area contributed by atoms with Crippen molar-refractivity contribution in [2.45, 2.75) is 0 Å². The van der Waals surface area contributed by atoms with Crippen molar-refractivity contribution in [3.8, 4) is 23.5 Å². The molecule has 96 valence electrons. The lowest BCUT2D eigenvalue weighted by Crippen LogP contribution is -2.01. The smallest absolute Gasteiger partial charge is 0.336 e. The van der Waals surface area contributed by atoms with E-state index < -0.39 is 5.97 Å². The van der Waals surface area contributed by atoms with E-state index in [0.29, 0.717) is 5.56 Å². The van der Waals surface area contributed by atoms with Crippen LogP contribution in [0.3, 0.4) is 0 Å². The van der Waals surface area contributed by atoms with Gasteiger partial charge in [0.15, 0.2) is 0 Å². The second-order valence-electron chi connectivity index (χ2n) is 4.35. The fourth-order valence-electron chi connectivity index (χ4n) is 2.24. The lowest BCUT2D eigenvalue weighted by atomic mass is 9.95. The molecule has 1 aromatic heterocycles. The van der Waals surface area contributed by atoms with Crippen LogP contribution in [0.1, 0.15) is 15.9 Å². The van der Waals surface area contributed by atoms with E-state index in [1.54, 1.807) is 12.3 Å². The maximum absolute atomic E-state index is 11.2. The number of hydrogen-bond acceptors (Lipinski definition) is 2. The van der Waals surface area contributed by atoms with Gasteiger partial charge < -0.3 is 5.11 Å². The largest absolute Gasteiger partial charge is 0.478 e. The molecule has 2 N–H and O–H groups in total. The standard InChI is InChI=1S/C16H10N2O2/c1-2-12-13(4-3-5-14(12)16(19)20)10-6-7-15-11(8-10)9-17-18-15/h1,3-9H,(H,17,18)(H,19,20). The van der Waals surface area contributed by atoms with Crippen LogP contribution in [0.5, 0.6) is 0 Å². The minimum absolute atomic E-state index is 0.136. The first-order valence-corrected chi connectivity index (χ1v) is 5.97. The van der Waals surface area contributed by atoms with Gasteiger partial charge in [-0.05, 0) is 29.3 Å². The normalized spacial score (nSPS) is 10.3. The Kier molecular flexibility index (Phi) is 2.73. The van der Waals surface area contributed by atoms with Gasteiger partial charge in [-0.2, -0.15) is 5.10 Å². The van der Waals surface area contributed by atoms with Gasteiger partial charge in [0.2, 0.25) is 0 Å². The van der Waals surface area contributed by atoms with Gasteiger partial charge in [-0.25, -0.2) is 4.79 Å². The predicted octanol–water partition coefficient (Wildman–Crippen LogP) is 2.91. The summed E-state index contributed by atoms with van der Waals surface area (Å²) in [6.07, 6.45) is 7.21. The van der Waals surface area contributed by atoms with Crippen LogP contribution in [0.4, 0.5) is 0 Å². The van der Waals surface area contributed by atoms with E-state index in [0.717, 1.165) is 22.0 Å². The number of carboxylic acid groups (broad SMARTS) is 1. The molecule has 4 heteroatoms. The van der Waals surface area contributed by atoms with Crippen LogP contribution >= 0.6 is 0 Å². The van der Waals surface area contributed by atoms with Crippen molar-refractivity contribution < 1.29 is 9.90 Å². The number of nitrogens with one attached hydrogen (secondary N) is 1. The van der Waals surface area contributed by atoms with Crippen molar-refractivity contribution in [2.24, 2.45) is 0 Å². The van der Waals surface area contributed by atoms with Crippen LogP contribution in [-0.4, -0.2) is 21.3 Å². The number of H-pyrrole nitrogens is 1. The minimum Gasteiger partial charge on any atom is -0.478 e. The van der Waals surface area contributed by atoms with Crippen LogP contribution in [-0.2, 0) is 0 Å². The van der Waals surface area contributed by atoms with E-state index in [-0.39, 0.29) is 5.56 Å². The molecule has 0 amide bonds. The van der Waals surface area contributed by atoms with Gasteiger partial charge in [-0.1, -0.05) is 24.1 Å². The Balaban J connectivity index is 2.26. The van der Waals surface area contributed by atoms with Gasteiger partial charge >= 0.3 is 5.97 Å². The molecule has 0 bridgehead atoms. The number of carboxylic acids is 1. The Hall–Kier alpha value is -3.06. The van der Waals surface area contributed by atoms with Crippen molar-refractivity contribution >= 4 is 16.9 Å². The fourth-order valence-corrected chi connectivity index (χ4v) is 2.24. The molecule has 0 aliphatic carbocycles. The van der Waals surface area contributed by atoms with Crippen molar-refractivity contribution in [2.75, 3.05) is 0 Å². The predicted molar refractivity (Wildman–Crippen MR) is 76.4 cm³/mol. The summed E-state index contributed by atoms with van der Waals surface area (Å²) in [5.41, 5.74) is 3.05. The molecule has 0 atom stereocenters. The second kappa shape index (κ2) is 4.56. The maximum Gasteiger partial charge on any atom is 0.336 e. The summed E-state index contributed by atoms with van der Waals surface area (Å²) in [6, 6.07) is 10.7. The van der Waals surface area contributed by atoms with Crippen LogP contribution < -0.4 is 0 Å². The van der Waals surface area contributed by atoms with E-state index in [2.05, 4.69) is 16.1 Å². The average molecular weight is 262 g/mol. The highest BCUT2D eigenvalue weighted by Crippen LogP contribution is 2.28. The molecule has 0 fully saturated rings. The van der Waals surface area contributed by atoms with Crippen molar-refractivity contribution in [1.82, 2.24) is 10.2 Å². The van der Waals surface area contributed by atoms with Gasteiger partial charge in [-0.15, -0.1) is 6.42 Å². The second-order valence-corrected chi connectivity index (χ2v) is 4.35. The molecule has 0 aliphatic rings. The third-order valence-electron chi connectivity index (χ3n) is 3.19. The Morgan fingerprint density at radius 1 is 1.30 bits per heavy atom. The number of benzene rings is 2. The molecule has 20 heavy (non-hydrogen) atoms. The minimum atomic E-state index is -1.02. The van der Waals surface area contributed by atoms with Crippen molar-refractivity contribution in [3.05, 3.63) is 53.7 Å². The van der Waals surface area contributed by atoms with Crippen molar-refractivity contribution in [3.63, 3.8) is 0 Å². The monoisotopic (exact) mass is 262 g/mol. The summed E-state index contributed by atoms with van der Waals surface area (Å²) in [7, 11) is 0. The zero-order valence-corrected chi connectivity index (χ0v) is 10.4. The molecule has 3 aromatic rings. The molecular formula is C16H10N2O2. The van der Waals surface area contributed by atoms with Gasteiger partial charge in [-0.3, -0.25) is 5.10 Å². The quantitative estimate of drug-likeness (QED) is 0.698. The summed E-state index contributed by atoms with van der Waals surface area (Å²) >= 11 is 0. The maximum atomic E-state index is 11.2. The lowest BCUT2D eigenvalue weighted by Gasteiger charge is -2.08. The Labute approximate surface area is 115 Å². The van der Waals surface area contributed by atoms with E-state index >= 15 is 0 Å². The Bertz CT molecular complexity index is 856. The first-order chi connectivity index (χ1) is 9.70. The van der Waals surface area contributed by atoms with E-state index in [4.69, 9.17) is 6.42 Å². The molecule has 0 spiro atoms. The summed E-state index contributed by atoms with van der Waals surface area (Å²) in [5.74, 6) is 1.46. The number of fused-ring (bicyclic) bond motifs is 1.